The van der Waals surface area contributed by atoms with Crippen LogP contribution in [0.3, 0.4) is 0 Å². The number of nitrogens with one attached hydrogen (secondary N) is 1. The molecule has 0 saturated carbocycles. The van der Waals surface area contributed by atoms with Gasteiger partial charge < -0.3 is 0 Å². The summed E-state index contributed by atoms with van der Waals surface area (Å²) in [7, 11) is 0. The van der Waals surface area contributed by atoms with Gasteiger partial charge in [0.1, 0.15) is 0 Å². The van der Waals surface area contributed by atoms with Crippen molar-refractivity contribution in [3.63, 3.8) is 0 Å². The zero-order valence-electron chi connectivity index (χ0n) is 10.6. The Morgan fingerprint density at radius 2 is 2.15 bits per heavy atom. The fourth-order valence-corrected chi connectivity index (χ4v) is 2.07. The molecule has 1 amide bonds. The van der Waals surface area contributed by atoms with E-state index in [0.717, 1.165) is 10.0 Å². The highest BCUT2D eigenvalue weighted by Gasteiger charge is 2.03. The number of hydrazone groups is 1. The van der Waals surface area contributed by atoms with Crippen LogP contribution in [-0.4, -0.2) is 28.3 Å². The van der Waals surface area contributed by atoms with E-state index in [2.05, 4.69) is 36.4 Å². The fourth-order valence-electron chi connectivity index (χ4n) is 1.36. The van der Waals surface area contributed by atoms with E-state index in [-0.39, 0.29) is 5.91 Å². The Hall–Kier alpha value is -1.73. The van der Waals surface area contributed by atoms with Crippen LogP contribution >= 0.6 is 27.7 Å². The molecule has 7 heteroatoms. The highest BCUT2D eigenvalue weighted by atomic mass is 79.9. The second kappa shape index (κ2) is 7.16. The molecule has 0 spiro atoms. The van der Waals surface area contributed by atoms with Gasteiger partial charge in [-0.3, -0.25) is 4.79 Å². The molecule has 20 heavy (non-hydrogen) atoms. The predicted molar refractivity (Wildman–Crippen MR) is 83.0 cm³/mol. The summed E-state index contributed by atoms with van der Waals surface area (Å²) in [6.07, 6.45) is 6.70. The van der Waals surface area contributed by atoms with Crippen LogP contribution < -0.4 is 5.43 Å². The third-order valence-corrected chi connectivity index (χ3v) is 3.37. The number of hydrogen-bond donors (Lipinski definition) is 1. The van der Waals surface area contributed by atoms with Crippen LogP contribution in [0.4, 0.5) is 0 Å². The van der Waals surface area contributed by atoms with Gasteiger partial charge in [0.15, 0.2) is 5.16 Å². The molecule has 0 aliphatic heterocycles. The minimum Gasteiger partial charge on any atom is -0.267 e. The summed E-state index contributed by atoms with van der Waals surface area (Å²) >= 11 is 4.78. The molecule has 2 aromatic rings. The van der Waals surface area contributed by atoms with Crippen LogP contribution in [0.1, 0.15) is 15.9 Å². The largest absolute Gasteiger partial charge is 0.271 e. The van der Waals surface area contributed by atoms with Crippen LogP contribution in [0, 0.1) is 0 Å². The Kier molecular flexibility index (Phi) is 5.25. The normalized spacial score (nSPS) is 10.7. The third-order valence-electron chi connectivity index (χ3n) is 2.30. The summed E-state index contributed by atoms with van der Waals surface area (Å²) in [5.74, 6) is -0.274. The van der Waals surface area contributed by atoms with Crippen LogP contribution in [0.25, 0.3) is 0 Å². The second-order valence-corrected chi connectivity index (χ2v) is 5.40. The van der Waals surface area contributed by atoms with Gasteiger partial charge in [0.25, 0.3) is 5.91 Å². The molecule has 1 aromatic carbocycles. The summed E-state index contributed by atoms with van der Waals surface area (Å²) < 4.78 is 0.843. The van der Waals surface area contributed by atoms with E-state index >= 15 is 0 Å². The molecule has 0 atom stereocenters. The molecule has 0 unspecified atom stereocenters. The van der Waals surface area contributed by atoms with Gasteiger partial charge in [-0.15, -0.1) is 0 Å². The zero-order valence-corrected chi connectivity index (χ0v) is 13.0. The predicted octanol–water partition coefficient (Wildman–Crippen LogP) is 2.72. The maximum Gasteiger partial charge on any atom is 0.271 e. The summed E-state index contributed by atoms with van der Waals surface area (Å²) in [6, 6.07) is 7.08. The molecule has 0 fully saturated rings. The highest BCUT2D eigenvalue weighted by molar-refractivity contribution is 9.10. The molecule has 5 nitrogen and oxygen atoms in total. The van der Waals surface area contributed by atoms with Crippen LogP contribution in [-0.2, 0) is 0 Å². The van der Waals surface area contributed by atoms with Gasteiger partial charge in [0.05, 0.1) is 6.21 Å². The number of carbonyl (C=O) groups excluding carboxylic acids is 1. The zero-order chi connectivity index (χ0) is 14.4. The van der Waals surface area contributed by atoms with E-state index in [1.165, 1.54) is 18.0 Å². The van der Waals surface area contributed by atoms with Crippen LogP contribution in [0.2, 0.25) is 0 Å². The molecule has 0 radical (unpaired) electrons. The molecule has 1 aromatic heterocycles. The monoisotopic (exact) mass is 350 g/mol. The molecule has 0 aliphatic rings. The average molecular weight is 351 g/mol. The Labute approximate surface area is 129 Å². The van der Waals surface area contributed by atoms with Gasteiger partial charge >= 0.3 is 0 Å². The van der Waals surface area contributed by atoms with Crippen molar-refractivity contribution in [1.29, 1.82) is 0 Å². The maximum absolute atomic E-state index is 11.8. The lowest BCUT2D eigenvalue weighted by molar-refractivity contribution is 0.0955. The quantitative estimate of drug-likeness (QED) is 0.398. The van der Waals surface area contributed by atoms with Crippen molar-refractivity contribution in [3.8, 4) is 0 Å². The summed E-state index contributed by atoms with van der Waals surface area (Å²) in [6.45, 7) is 0. The van der Waals surface area contributed by atoms with Gasteiger partial charge in [-0.25, -0.2) is 15.4 Å². The van der Waals surface area contributed by atoms with Crippen LogP contribution in [0.15, 0.2) is 51.4 Å². The highest BCUT2D eigenvalue weighted by Crippen LogP contribution is 2.11. The van der Waals surface area contributed by atoms with Gasteiger partial charge in [0.2, 0.25) is 0 Å². The van der Waals surface area contributed by atoms with E-state index < -0.39 is 0 Å². The summed E-state index contributed by atoms with van der Waals surface area (Å²) in [4.78, 5) is 20.0. The standard InChI is InChI=1S/C13H11BrN4OS/c1-20-13-15-6-9(7-16-13)8-17-18-12(19)10-3-2-4-11(14)5-10/h2-8H,1H3,(H,18,19). The van der Waals surface area contributed by atoms with Crippen molar-refractivity contribution in [2.24, 2.45) is 5.10 Å². The number of amides is 1. The van der Waals surface area contributed by atoms with Crippen molar-refractivity contribution in [3.05, 3.63) is 52.3 Å². The molecule has 0 saturated heterocycles. The Balaban J connectivity index is 1.97. The number of benzene rings is 1. The summed E-state index contributed by atoms with van der Waals surface area (Å²) in [5, 5.41) is 4.57. The summed E-state index contributed by atoms with van der Waals surface area (Å²) in [5.41, 5.74) is 3.70. The van der Waals surface area contributed by atoms with E-state index in [1.807, 2.05) is 12.3 Å². The number of thioether (sulfide) groups is 1. The van der Waals surface area contributed by atoms with Crippen molar-refractivity contribution < 1.29 is 4.79 Å². The third kappa shape index (κ3) is 4.14. The molecule has 0 bridgehead atoms. The molecule has 1 heterocycles. The molecule has 1 N–H and O–H groups in total. The lowest BCUT2D eigenvalue weighted by Crippen LogP contribution is -2.17. The van der Waals surface area contributed by atoms with Crippen molar-refractivity contribution in [2.45, 2.75) is 5.16 Å². The molecular formula is C13H11BrN4OS. The second-order valence-electron chi connectivity index (χ2n) is 3.71. The average Bonchev–Trinajstić information content (AvgIpc) is 2.48. The lowest BCUT2D eigenvalue weighted by atomic mass is 10.2. The SMILES string of the molecule is CSc1ncc(C=NNC(=O)c2cccc(Br)c2)cn1. The van der Waals surface area contributed by atoms with Gasteiger partial charge in [-0.2, -0.15) is 5.10 Å². The van der Waals surface area contributed by atoms with Gasteiger partial charge in [0, 0.05) is 28.0 Å². The molecule has 2 rings (SSSR count). The minimum absolute atomic E-state index is 0.274. The Bertz CT molecular complexity index is 631. The first-order valence-electron chi connectivity index (χ1n) is 5.64. The molecular weight excluding hydrogens is 340 g/mol. The first-order chi connectivity index (χ1) is 9.69. The first-order valence-corrected chi connectivity index (χ1v) is 7.66. The van der Waals surface area contributed by atoms with Crippen molar-refractivity contribution in [1.82, 2.24) is 15.4 Å². The van der Waals surface area contributed by atoms with E-state index in [9.17, 15) is 4.79 Å². The number of nitrogens with zero attached hydrogens (tertiary/aromatic N) is 3. The number of carbonyl (C=O) groups is 1. The number of rotatable bonds is 4. The van der Waals surface area contributed by atoms with Gasteiger partial charge in [-0.05, 0) is 24.5 Å². The topological polar surface area (TPSA) is 67.2 Å². The first kappa shape index (κ1) is 14.7. The number of halogens is 1. The Morgan fingerprint density at radius 3 is 2.80 bits per heavy atom. The fraction of sp³-hybridized carbons (Fsp3) is 0.0769. The number of aromatic nitrogens is 2. The van der Waals surface area contributed by atoms with E-state index in [0.29, 0.717) is 10.7 Å². The van der Waals surface area contributed by atoms with Crippen molar-refractivity contribution in [2.75, 3.05) is 6.26 Å². The lowest BCUT2D eigenvalue weighted by Gasteiger charge is -2.00. The van der Waals surface area contributed by atoms with E-state index in [1.54, 1.807) is 30.6 Å². The van der Waals surface area contributed by atoms with Crippen molar-refractivity contribution >= 4 is 39.8 Å². The van der Waals surface area contributed by atoms with Crippen LogP contribution in [0.5, 0.6) is 0 Å². The minimum atomic E-state index is -0.274. The molecule has 0 aliphatic carbocycles. The van der Waals surface area contributed by atoms with E-state index in [4.69, 9.17) is 0 Å². The Morgan fingerprint density at radius 1 is 1.40 bits per heavy atom. The van der Waals surface area contributed by atoms with Gasteiger partial charge in [-0.1, -0.05) is 33.8 Å². The number of hydrogen-bond acceptors (Lipinski definition) is 5. The molecule has 102 valence electrons. The smallest absolute Gasteiger partial charge is 0.267 e. The maximum atomic E-state index is 11.8.